The van der Waals surface area contributed by atoms with Crippen molar-refractivity contribution in [2.45, 2.75) is 19.4 Å². The van der Waals surface area contributed by atoms with Gasteiger partial charge in [-0.05, 0) is 38.1 Å². The number of amides is 3. The highest BCUT2D eigenvalue weighted by Gasteiger charge is 2.36. The molecule has 0 aliphatic carbocycles. The minimum Gasteiger partial charge on any atom is -0.476 e. The molecule has 8 N–H and O–H groups in total. The summed E-state index contributed by atoms with van der Waals surface area (Å²) >= 11 is 1.15. The number of aromatic nitrogens is 1. The van der Waals surface area contributed by atoms with Gasteiger partial charge in [-0.2, -0.15) is 0 Å². The first-order valence-electron chi connectivity index (χ1n) is 9.48. The highest BCUT2D eigenvalue weighted by atomic mass is 32.1. The summed E-state index contributed by atoms with van der Waals surface area (Å²) in [6.07, 6.45) is 2.38. The van der Waals surface area contributed by atoms with Gasteiger partial charge >= 0.3 is 0 Å². The number of primary amides is 1. The number of nitrogens with one attached hydrogen (secondary N) is 4. The van der Waals surface area contributed by atoms with Gasteiger partial charge in [0.1, 0.15) is 11.6 Å². The number of nitrogens with two attached hydrogens (primary N) is 2. The van der Waals surface area contributed by atoms with E-state index in [2.05, 4.69) is 15.6 Å². The van der Waals surface area contributed by atoms with Crippen molar-refractivity contribution in [2.75, 3.05) is 10.6 Å². The van der Waals surface area contributed by atoms with E-state index in [1.54, 1.807) is 38.1 Å². The Hall–Kier alpha value is -4.12. The molecule has 3 amide bonds. The van der Waals surface area contributed by atoms with Crippen LogP contribution in [0.3, 0.4) is 0 Å². The Balaban J connectivity index is 1.72. The molecule has 2 aromatic heterocycles. The van der Waals surface area contributed by atoms with Crippen LogP contribution in [0.2, 0.25) is 0 Å². The number of fused-ring (bicyclic) bond motifs is 2. The van der Waals surface area contributed by atoms with E-state index in [9.17, 15) is 14.4 Å². The molecule has 1 aliphatic heterocycles. The van der Waals surface area contributed by atoms with Crippen LogP contribution in [-0.4, -0.2) is 34.5 Å². The van der Waals surface area contributed by atoms with Crippen molar-refractivity contribution in [3.8, 4) is 5.75 Å². The molecule has 3 aromatic rings. The van der Waals surface area contributed by atoms with Crippen LogP contribution in [0.25, 0.3) is 16.5 Å². The van der Waals surface area contributed by atoms with Gasteiger partial charge < -0.3 is 37.2 Å². The predicted octanol–water partition coefficient (Wildman–Crippen LogP) is 2.64. The standard InChI is InChI=1S/C21H20N6O4S/c1-21(2)20(30)26-12-6-11-10(5-13(12)31-21)16(17(24)28)18(25-11)27-19(29)15-4-3-14(32-15)9(7-22)8-23/h3-8,22,25H,23H2,1-2H3,(H2,24,28)(H,26,30)(H,27,29)/b9-8+,22-7?. The lowest BCUT2D eigenvalue weighted by atomic mass is 10.0. The molecule has 1 aliphatic rings. The molecule has 3 heterocycles. The summed E-state index contributed by atoms with van der Waals surface area (Å²) in [6, 6.07) is 6.49. The molecular formula is C21H20N6O4S. The number of carbonyl (C=O) groups excluding carboxylic acids is 3. The van der Waals surface area contributed by atoms with E-state index in [1.165, 1.54) is 6.20 Å². The van der Waals surface area contributed by atoms with Gasteiger partial charge in [-0.1, -0.05) is 0 Å². The number of ether oxygens (including phenoxy) is 1. The van der Waals surface area contributed by atoms with Crippen molar-refractivity contribution >= 4 is 63.3 Å². The van der Waals surface area contributed by atoms with E-state index >= 15 is 0 Å². The Kier molecular flexibility index (Phi) is 4.97. The van der Waals surface area contributed by atoms with Crippen LogP contribution in [0, 0.1) is 5.41 Å². The van der Waals surface area contributed by atoms with Gasteiger partial charge in [-0.15, -0.1) is 11.3 Å². The summed E-state index contributed by atoms with van der Waals surface area (Å²) in [5.74, 6) is -0.996. The maximum atomic E-state index is 12.8. The molecule has 32 heavy (non-hydrogen) atoms. The van der Waals surface area contributed by atoms with Crippen LogP contribution < -0.4 is 26.8 Å². The summed E-state index contributed by atoms with van der Waals surface area (Å²) in [4.78, 5) is 41.2. The predicted molar refractivity (Wildman–Crippen MR) is 123 cm³/mol. The van der Waals surface area contributed by atoms with E-state index in [0.717, 1.165) is 17.6 Å². The van der Waals surface area contributed by atoms with Crippen molar-refractivity contribution in [2.24, 2.45) is 11.5 Å². The summed E-state index contributed by atoms with van der Waals surface area (Å²) < 4.78 is 5.78. The second-order valence-corrected chi connectivity index (χ2v) is 8.67. The number of carbonyl (C=O) groups is 3. The highest BCUT2D eigenvalue weighted by Crippen LogP contribution is 2.39. The van der Waals surface area contributed by atoms with Crippen molar-refractivity contribution < 1.29 is 19.1 Å². The smallest absolute Gasteiger partial charge is 0.268 e. The second kappa shape index (κ2) is 7.54. The number of H-pyrrole nitrogens is 1. The summed E-state index contributed by atoms with van der Waals surface area (Å²) in [7, 11) is 0. The van der Waals surface area contributed by atoms with Gasteiger partial charge in [0, 0.05) is 28.3 Å². The first-order valence-corrected chi connectivity index (χ1v) is 10.3. The number of allylic oxidation sites excluding steroid dienone is 1. The van der Waals surface area contributed by atoms with Crippen LogP contribution in [0.4, 0.5) is 11.5 Å². The molecule has 0 unspecified atom stereocenters. The molecular weight excluding hydrogens is 432 g/mol. The van der Waals surface area contributed by atoms with Crippen LogP contribution in [0.15, 0.2) is 30.5 Å². The van der Waals surface area contributed by atoms with E-state index in [4.69, 9.17) is 21.6 Å². The minimum atomic E-state index is -1.08. The lowest BCUT2D eigenvalue weighted by Gasteiger charge is -2.31. The van der Waals surface area contributed by atoms with E-state index in [-0.39, 0.29) is 17.3 Å². The largest absolute Gasteiger partial charge is 0.476 e. The number of anilines is 2. The van der Waals surface area contributed by atoms with Gasteiger partial charge in [-0.25, -0.2) is 0 Å². The summed E-state index contributed by atoms with van der Waals surface area (Å²) in [5, 5.41) is 13.3. The van der Waals surface area contributed by atoms with Crippen LogP contribution >= 0.6 is 11.3 Å². The molecule has 0 saturated heterocycles. The maximum absolute atomic E-state index is 12.8. The highest BCUT2D eigenvalue weighted by molar-refractivity contribution is 7.15. The first-order chi connectivity index (χ1) is 15.1. The van der Waals surface area contributed by atoms with Crippen molar-refractivity contribution in [1.82, 2.24) is 4.98 Å². The second-order valence-electron chi connectivity index (χ2n) is 7.58. The Bertz CT molecular complexity index is 1330. The average Bonchev–Trinajstić information content (AvgIpc) is 3.33. The van der Waals surface area contributed by atoms with Crippen LogP contribution in [0.5, 0.6) is 5.75 Å². The van der Waals surface area contributed by atoms with E-state index in [0.29, 0.717) is 37.7 Å². The topological polar surface area (TPSA) is 176 Å². The molecule has 1 aromatic carbocycles. The molecule has 0 spiro atoms. The molecule has 0 saturated carbocycles. The zero-order valence-electron chi connectivity index (χ0n) is 17.2. The van der Waals surface area contributed by atoms with E-state index in [1.807, 2.05) is 0 Å². The van der Waals surface area contributed by atoms with Gasteiger partial charge in [0.15, 0.2) is 5.60 Å². The fourth-order valence-electron chi connectivity index (χ4n) is 3.34. The third-order valence-electron chi connectivity index (χ3n) is 4.99. The quantitative estimate of drug-likeness (QED) is 0.326. The fraction of sp³-hybridized carbons (Fsp3) is 0.143. The van der Waals surface area contributed by atoms with Gasteiger partial charge in [0.25, 0.3) is 17.7 Å². The molecule has 0 bridgehead atoms. The van der Waals surface area contributed by atoms with Crippen molar-refractivity contribution in [3.05, 3.63) is 45.8 Å². The third kappa shape index (κ3) is 3.48. The SMILES string of the molecule is CC1(C)Oc2cc3c(C(N)=O)c(NC(=O)c4ccc(/C(C=N)=C/N)s4)[nH]c3cc2NC1=O. The Morgan fingerprint density at radius 3 is 2.62 bits per heavy atom. The average molecular weight is 452 g/mol. The van der Waals surface area contributed by atoms with Crippen molar-refractivity contribution in [1.29, 1.82) is 5.41 Å². The molecule has 0 fully saturated rings. The Labute approximate surface area is 186 Å². The van der Waals surface area contributed by atoms with Crippen molar-refractivity contribution in [3.63, 3.8) is 0 Å². The van der Waals surface area contributed by atoms with Crippen LogP contribution in [-0.2, 0) is 4.79 Å². The number of rotatable bonds is 5. The normalized spacial score (nSPS) is 14.9. The maximum Gasteiger partial charge on any atom is 0.268 e. The fourth-order valence-corrected chi connectivity index (χ4v) is 4.24. The monoisotopic (exact) mass is 452 g/mol. The molecule has 0 atom stereocenters. The summed E-state index contributed by atoms with van der Waals surface area (Å²) in [5.41, 5.74) is 11.5. The molecule has 11 heteroatoms. The Morgan fingerprint density at radius 2 is 1.97 bits per heavy atom. The zero-order valence-corrected chi connectivity index (χ0v) is 18.0. The van der Waals surface area contributed by atoms with Gasteiger partial charge in [0.2, 0.25) is 0 Å². The molecule has 164 valence electrons. The minimum absolute atomic E-state index is 0.0910. The molecule has 0 radical (unpaired) electrons. The lowest BCUT2D eigenvalue weighted by Crippen LogP contribution is -2.45. The van der Waals surface area contributed by atoms with E-state index < -0.39 is 17.4 Å². The number of thiophene rings is 1. The van der Waals surface area contributed by atoms with Gasteiger partial charge in [-0.3, -0.25) is 14.4 Å². The molecule has 10 nitrogen and oxygen atoms in total. The third-order valence-corrected chi connectivity index (χ3v) is 6.13. The lowest BCUT2D eigenvalue weighted by molar-refractivity contribution is -0.129. The first kappa shape index (κ1) is 21.1. The number of aromatic amines is 1. The number of hydrogen-bond donors (Lipinski definition) is 6. The van der Waals surface area contributed by atoms with Gasteiger partial charge in [0.05, 0.1) is 21.6 Å². The zero-order chi connectivity index (χ0) is 23.2. The Morgan fingerprint density at radius 1 is 1.25 bits per heavy atom. The number of hydrogen-bond acceptors (Lipinski definition) is 7. The number of benzene rings is 1. The van der Waals surface area contributed by atoms with Crippen LogP contribution in [0.1, 0.15) is 38.8 Å². The summed E-state index contributed by atoms with van der Waals surface area (Å²) in [6.45, 7) is 3.26. The molecule has 4 rings (SSSR count).